The molecule has 1 N–H and O–H groups in total. The van der Waals surface area contributed by atoms with E-state index in [-0.39, 0.29) is 18.2 Å². The monoisotopic (exact) mass is 148 g/mol. The highest BCUT2D eigenvalue weighted by atomic mass is 35.5. The fraction of sp³-hybridized carbons (Fsp3) is 0.400. The molecule has 0 bridgehead atoms. The number of carbonyl (C=O) groups is 1. The normalized spacial score (nSPS) is 18.6. The molecule has 0 spiro atoms. The first kappa shape index (κ1) is 6.42. The van der Waals surface area contributed by atoms with Crippen LogP contribution in [0.5, 0.6) is 0 Å². The van der Waals surface area contributed by atoms with Crippen molar-refractivity contribution in [3.8, 4) is 0 Å². The van der Waals surface area contributed by atoms with Crippen LogP contribution in [0.1, 0.15) is 6.42 Å². The van der Waals surface area contributed by atoms with Crippen LogP contribution in [0.25, 0.3) is 0 Å². The second-order valence-electron chi connectivity index (χ2n) is 1.69. The molecule has 50 valence electrons. The Kier molecular flexibility index (Phi) is 1.62. The lowest BCUT2D eigenvalue weighted by molar-refractivity contribution is -0.139. The molecule has 0 fully saturated rings. The Morgan fingerprint density at radius 3 is 2.67 bits per heavy atom. The van der Waals surface area contributed by atoms with Crippen LogP contribution in [0.4, 0.5) is 0 Å². The molecule has 1 aliphatic heterocycles. The van der Waals surface area contributed by atoms with Crippen LogP contribution in [0, 0.1) is 0 Å². The van der Waals surface area contributed by atoms with E-state index in [1.165, 1.54) is 0 Å². The number of rotatable bonds is 1. The quantitative estimate of drug-likeness (QED) is 0.445. The SMILES string of the molecule is O=C1CC(CCl)=C(O)O1. The number of hydrogen-bond donors (Lipinski definition) is 1. The fourth-order valence-corrected chi connectivity index (χ4v) is 0.779. The number of aliphatic hydroxyl groups excluding tert-OH is 1. The molecule has 3 nitrogen and oxygen atoms in total. The lowest BCUT2D eigenvalue weighted by Gasteiger charge is -1.89. The first-order valence-electron chi connectivity index (χ1n) is 2.41. The summed E-state index contributed by atoms with van der Waals surface area (Å²) in [5, 5.41) is 8.71. The predicted octanol–water partition coefficient (Wildman–Crippen LogP) is 0.942. The summed E-state index contributed by atoms with van der Waals surface area (Å²) in [6.45, 7) is 0. The third-order valence-electron chi connectivity index (χ3n) is 1.03. The van der Waals surface area contributed by atoms with E-state index in [4.69, 9.17) is 16.7 Å². The first-order valence-corrected chi connectivity index (χ1v) is 2.95. The molecule has 1 heterocycles. The number of hydrogen-bond acceptors (Lipinski definition) is 3. The number of halogens is 1. The van der Waals surface area contributed by atoms with Gasteiger partial charge in [0.2, 0.25) is 0 Å². The lowest BCUT2D eigenvalue weighted by Crippen LogP contribution is -1.92. The molecule has 0 aliphatic carbocycles. The van der Waals surface area contributed by atoms with Crippen LogP contribution < -0.4 is 0 Å². The van der Waals surface area contributed by atoms with E-state index in [1.807, 2.05) is 0 Å². The van der Waals surface area contributed by atoms with Crippen molar-refractivity contribution in [2.24, 2.45) is 0 Å². The molecule has 0 aromatic rings. The first-order chi connectivity index (χ1) is 4.24. The summed E-state index contributed by atoms with van der Waals surface area (Å²) in [5.74, 6) is -0.615. The van der Waals surface area contributed by atoms with Crippen LogP contribution in [-0.4, -0.2) is 17.0 Å². The fourth-order valence-electron chi connectivity index (χ4n) is 0.570. The summed E-state index contributed by atoms with van der Waals surface area (Å²) in [7, 11) is 0. The van der Waals surface area contributed by atoms with Crippen LogP contribution in [-0.2, 0) is 9.53 Å². The maximum absolute atomic E-state index is 10.3. The van der Waals surface area contributed by atoms with E-state index in [2.05, 4.69) is 4.74 Å². The second kappa shape index (κ2) is 2.27. The molecule has 0 radical (unpaired) electrons. The number of ether oxygens (including phenoxy) is 1. The van der Waals surface area contributed by atoms with Gasteiger partial charge in [0.1, 0.15) is 0 Å². The van der Waals surface area contributed by atoms with Gasteiger partial charge in [0, 0.05) is 5.57 Å². The molecular formula is C5H5ClO3. The van der Waals surface area contributed by atoms with Gasteiger partial charge in [-0.2, -0.15) is 0 Å². The van der Waals surface area contributed by atoms with Gasteiger partial charge < -0.3 is 9.84 Å². The zero-order valence-electron chi connectivity index (χ0n) is 4.56. The Hall–Kier alpha value is -0.700. The van der Waals surface area contributed by atoms with Gasteiger partial charge in [-0.05, 0) is 0 Å². The number of cyclic esters (lactones) is 1. The molecule has 0 aromatic carbocycles. The smallest absolute Gasteiger partial charge is 0.318 e. The van der Waals surface area contributed by atoms with E-state index in [0.717, 1.165) is 0 Å². The van der Waals surface area contributed by atoms with Crippen molar-refractivity contribution in [2.75, 3.05) is 5.88 Å². The molecule has 0 saturated heterocycles. The zero-order valence-corrected chi connectivity index (χ0v) is 5.31. The summed E-state index contributed by atoms with van der Waals surface area (Å²) in [4.78, 5) is 10.3. The van der Waals surface area contributed by atoms with Gasteiger partial charge in [-0.15, -0.1) is 11.6 Å². The van der Waals surface area contributed by atoms with Crippen molar-refractivity contribution < 1.29 is 14.6 Å². The van der Waals surface area contributed by atoms with E-state index in [0.29, 0.717) is 5.57 Å². The average Bonchev–Trinajstić information content (AvgIpc) is 2.10. The molecule has 0 saturated carbocycles. The summed E-state index contributed by atoms with van der Waals surface area (Å²) < 4.78 is 4.28. The molecule has 0 aromatic heterocycles. The van der Waals surface area contributed by atoms with Crippen molar-refractivity contribution in [1.82, 2.24) is 0 Å². The zero-order chi connectivity index (χ0) is 6.85. The predicted molar refractivity (Wildman–Crippen MR) is 31.1 cm³/mol. The van der Waals surface area contributed by atoms with E-state index < -0.39 is 5.97 Å². The summed E-state index contributed by atoms with van der Waals surface area (Å²) in [6.07, 6.45) is 0.120. The van der Waals surface area contributed by atoms with Crippen molar-refractivity contribution in [1.29, 1.82) is 0 Å². The standard InChI is InChI=1S/C5H5ClO3/c6-2-3-1-4(7)9-5(3)8/h8H,1-2H2. The van der Waals surface area contributed by atoms with Gasteiger partial charge in [0.15, 0.2) is 0 Å². The minimum atomic E-state index is -0.442. The van der Waals surface area contributed by atoms with Crippen LogP contribution in [0.15, 0.2) is 11.5 Å². The summed E-state index contributed by atoms with van der Waals surface area (Å²) >= 11 is 5.32. The Labute approximate surface area is 56.9 Å². The van der Waals surface area contributed by atoms with E-state index in [9.17, 15) is 4.79 Å². The van der Waals surface area contributed by atoms with Gasteiger partial charge in [0.25, 0.3) is 5.95 Å². The van der Waals surface area contributed by atoms with Crippen LogP contribution in [0.3, 0.4) is 0 Å². The Morgan fingerprint density at radius 2 is 2.44 bits per heavy atom. The van der Waals surface area contributed by atoms with Crippen LogP contribution >= 0.6 is 11.6 Å². The van der Waals surface area contributed by atoms with Gasteiger partial charge in [-0.25, -0.2) is 0 Å². The summed E-state index contributed by atoms with van der Waals surface area (Å²) in [6, 6.07) is 0. The Morgan fingerprint density at radius 1 is 1.78 bits per heavy atom. The minimum absolute atomic E-state index is 0.120. The summed E-state index contributed by atoms with van der Waals surface area (Å²) in [5.41, 5.74) is 0.460. The van der Waals surface area contributed by atoms with Crippen molar-refractivity contribution in [3.05, 3.63) is 11.5 Å². The average molecular weight is 149 g/mol. The Balaban J connectivity index is 2.69. The van der Waals surface area contributed by atoms with E-state index in [1.54, 1.807) is 0 Å². The molecule has 1 aliphatic rings. The van der Waals surface area contributed by atoms with Crippen LogP contribution in [0.2, 0.25) is 0 Å². The minimum Gasteiger partial charge on any atom is -0.481 e. The largest absolute Gasteiger partial charge is 0.481 e. The highest BCUT2D eigenvalue weighted by Crippen LogP contribution is 2.18. The highest BCUT2D eigenvalue weighted by Gasteiger charge is 2.21. The van der Waals surface area contributed by atoms with Crippen molar-refractivity contribution >= 4 is 17.6 Å². The molecular weight excluding hydrogens is 144 g/mol. The van der Waals surface area contributed by atoms with Crippen molar-refractivity contribution in [2.45, 2.75) is 6.42 Å². The number of esters is 1. The molecule has 9 heavy (non-hydrogen) atoms. The third kappa shape index (κ3) is 1.16. The molecule has 0 amide bonds. The maximum atomic E-state index is 10.3. The maximum Gasteiger partial charge on any atom is 0.318 e. The Bertz CT molecular complexity index is 173. The second-order valence-corrected chi connectivity index (χ2v) is 1.96. The van der Waals surface area contributed by atoms with Gasteiger partial charge in [-0.3, -0.25) is 4.79 Å². The number of carbonyl (C=O) groups excluding carboxylic acids is 1. The number of aliphatic hydroxyl groups is 1. The lowest BCUT2D eigenvalue weighted by atomic mass is 10.3. The molecule has 4 heteroatoms. The number of alkyl halides is 1. The van der Waals surface area contributed by atoms with Gasteiger partial charge in [-0.1, -0.05) is 0 Å². The van der Waals surface area contributed by atoms with Gasteiger partial charge >= 0.3 is 5.97 Å². The van der Waals surface area contributed by atoms with Crippen molar-refractivity contribution in [3.63, 3.8) is 0 Å². The topological polar surface area (TPSA) is 46.5 Å². The highest BCUT2D eigenvalue weighted by molar-refractivity contribution is 6.19. The van der Waals surface area contributed by atoms with Gasteiger partial charge in [0.05, 0.1) is 12.3 Å². The molecule has 1 rings (SSSR count). The molecule has 0 unspecified atom stereocenters. The third-order valence-corrected chi connectivity index (χ3v) is 1.35. The van der Waals surface area contributed by atoms with E-state index >= 15 is 0 Å². The molecule has 0 atom stereocenters.